The molecule has 5 aliphatic rings. The van der Waals surface area contributed by atoms with E-state index in [9.17, 15) is 29.1 Å². The Morgan fingerprint density at radius 1 is 0.838 bits per heavy atom. The van der Waals surface area contributed by atoms with Gasteiger partial charge in [0.1, 0.15) is 17.5 Å². The molecule has 3 aromatic carbocycles. The summed E-state index contributed by atoms with van der Waals surface area (Å²) in [6, 6.07) is 18.8. The lowest BCUT2D eigenvalue weighted by Gasteiger charge is -2.39. The SMILES string of the molecule is CC1(C)OC(=O)c2ccc(Nc3ncc(-c4nnc(CCN5CCC(CN6CCN(c7ccc8c(c7)C(=O)N(C7CCC(=O)NC7=O)C8=O)CC6)CC5)o4)c(N[C@H](CO)c4ccccc4)n3)cc21. The molecule has 1 unspecified atom stereocenters. The molecule has 5 aromatic rings. The van der Waals surface area contributed by atoms with Crippen LogP contribution in [-0.2, 0) is 26.3 Å². The van der Waals surface area contributed by atoms with Crippen molar-refractivity contribution in [3.05, 3.63) is 107 Å². The van der Waals surface area contributed by atoms with Gasteiger partial charge in [0.05, 0.1) is 34.9 Å². The Hall–Kier alpha value is -7.09. The Balaban J connectivity index is 0.723. The van der Waals surface area contributed by atoms with Crippen molar-refractivity contribution >= 4 is 52.7 Å². The van der Waals surface area contributed by atoms with Crippen LogP contribution in [0.1, 0.15) is 93.7 Å². The van der Waals surface area contributed by atoms with Gasteiger partial charge in [0.15, 0.2) is 0 Å². The number of cyclic esters (lactones) is 1. The average Bonchev–Trinajstić information content (AvgIpc) is 3.98. The van der Waals surface area contributed by atoms with Crippen LogP contribution in [0.5, 0.6) is 0 Å². The van der Waals surface area contributed by atoms with Gasteiger partial charge >= 0.3 is 5.97 Å². The first-order valence-electron chi connectivity index (χ1n) is 23.2. The molecule has 352 valence electrons. The summed E-state index contributed by atoms with van der Waals surface area (Å²) >= 11 is 0. The van der Waals surface area contributed by atoms with Gasteiger partial charge in [-0.15, -0.1) is 10.2 Å². The average molecular weight is 924 g/mol. The first-order valence-corrected chi connectivity index (χ1v) is 23.2. The smallest absolute Gasteiger partial charge is 0.339 e. The molecular formula is C49H53N11O8. The topological polar surface area (TPSA) is 229 Å². The lowest BCUT2D eigenvalue weighted by molar-refractivity contribution is -0.136. The second kappa shape index (κ2) is 18.5. The number of likely N-dealkylation sites (tertiary alicyclic amines) is 1. The van der Waals surface area contributed by atoms with Gasteiger partial charge in [-0.2, -0.15) is 4.98 Å². The first-order chi connectivity index (χ1) is 32.9. The van der Waals surface area contributed by atoms with Crippen LogP contribution in [0.3, 0.4) is 0 Å². The summed E-state index contributed by atoms with van der Waals surface area (Å²) in [4.78, 5) is 80.7. The molecule has 7 heterocycles. The van der Waals surface area contributed by atoms with Gasteiger partial charge in [0.25, 0.3) is 17.7 Å². The molecule has 2 atom stereocenters. The molecule has 0 spiro atoms. The molecule has 2 aromatic heterocycles. The summed E-state index contributed by atoms with van der Waals surface area (Å²) in [7, 11) is 0. The fourth-order valence-electron chi connectivity index (χ4n) is 9.88. The van der Waals surface area contributed by atoms with Gasteiger partial charge in [-0.05, 0) is 94.1 Å². The van der Waals surface area contributed by atoms with E-state index in [1.807, 2.05) is 56.3 Å². The summed E-state index contributed by atoms with van der Waals surface area (Å²) in [5, 5.41) is 28.1. The molecule has 0 saturated carbocycles. The van der Waals surface area contributed by atoms with Crippen molar-refractivity contribution in [3.63, 3.8) is 0 Å². The van der Waals surface area contributed by atoms with E-state index < -0.39 is 41.3 Å². The van der Waals surface area contributed by atoms with Crippen LogP contribution in [0.25, 0.3) is 11.5 Å². The van der Waals surface area contributed by atoms with E-state index in [1.54, 1.807) is 30.5 Å². The second-order valence-electron chi connectivity index (χ2n) is 18.5. The zero-order valence-electron chi connectivity index (χ0n) is 37.9. The molecule has 68 heavy (non-hydrogen) atoms. The summed E-state index contributed by atoms with van der Waals surface area (Å²) in [6.45, 7) is 10.6. The van der Waals surface area contributed by atoms with Crippen molar-refractivity contribution in [2.45, 2.75) is 63.6 Å². The van der Waals surface area contributed by atoms with E-state index in [1.165, 1.54) is 0 Å². The number of carbonyl (C=O) groups is 5. The number of hydrogen-bond donors (Lipinski definition) is 4. The van der Waals surface area contributed by atoms with E-state index >= 15 is 0 Å². The van der Waals surface area contributed by atoms with Crippen molar-refractivity contribution in [1.82, 2.24) is 40.2 Å². The highest BCUT2D eigenvalue weighted by molar-refractivity contribution is 6.23. The number of carbonyl (C=O) groups excluding carboxylic acids is 5. The highest BCUT2D eigenvalue weighted by Crippen LogP contribution is 2.38. The summed E-state index contributed by atoms with van der Waals surface area (Å²) < 4.78 is 11.8. The maximum absolute atomic E-state index is 13.4. The maximum Gasteiger partial charge on any atom is 0.339 e. The number of benzene rings is 3. The molecule has 10 rings (SSSR count). The van der Waals surface area contributed by atoms with E-state index in [4.69, 9.17) is 14.1 Å². The monoisotopic (exact) mass is 923 g/mol. The van der Waals surface area contributed by atoms with Gasteiger partial charge in [-0.1, -0.05) is 30.3 Å². The fraction of sp³-hybridized carbons (Fsp3) is 0.408. The number of aliphatic hydroxyl groups excluding tert-OH is 1. The third-order valence-electron chi connectivity index (χ3n) is 13.7. The number of rotatable bonds is 14. The van der Waals surface area contributed by atoms with Crippen molar-refractivity contribution < 1.29 is 38.2 Å². The molecule has 4 N–H and O–H groups in total. The van der Waals surface area contributed by atoms with Crippen LogP contribution in [0.2, 0.25) is 0 Å². The zero-order valence-corrected chi connectivity index (χ0v) is 37.9. The molecule has 3 fully saturated rings. The molecule has 0 aliphatic carbocycles. The summed E-state index contributed by atoms with van der Waals surface area (Å²) in [5.74, 6) is -0.362. The Labute approximate surface area is 392 Å². The van der Waals surface area contributed by atoms with Crippen molar-refractivity contribution in [2.24, 2.45) is 5.92 Å². The number of anilines is 4. The summed E-state index contributed by atoms with van der Waals surface area (Å²) in [6.07, 6.45) is 4.55. The number of aliphatic hydroxyl groups is 1. The van der Waals surface area contributed by atoms with Crippen molar-refractivity contribution in [1.29, 1.82) is 0 Å². The second-order valence-corrected chi connectivity index (χ2v) is 18.5. The number of piperidine rings is 2. The third kappa shape index (κ3) is 9.03. The number of hydrogen-bond acceptors (Lipinski definition) is 17. The van der Waals surface area contributed by atoms with Crippen LogP contribution in [-0.4, -0.2) is 135 Å². The molecule has 0 bridgehead atoms. The van der Waals surface area contributed by atoms with Crippen molar-refractivity contribution in [3.8, 4) is 11.5 Å². The highest BCUT2D eigenvalue weighted by atomic mass is 16.6. The van der Waals surface area contributed by atoms with Crippen LogP contribution in [0.4, 0.5) is 23.1 Å². The standard InChI is InChI=1S/C49H53N11O8/c1-49(2)37-24-31(8-10-34(37)47(66)68-49)51-48-50-26-36(42(54-48)52-38(28-61)30-6-4-3-5-7-30)44-56-55-41(67-44)16-19-57-17-14-29(15-18-57)27-58-20-22-59(23-21-58)32-9-11-33-35(25-32)46(65)60(45(33)64)39-12-13-40(62)53-43(39)63/h3-11,24-26,29,38-39,61H,12-23,27-28H2,1-2H3,(H,53,62,63)(H2,50,51,52,54)/t38-,39?/m1/s1. The molecule has 0 radical (unpaired) electrons. The van der Waals surface area contributed by atoms with Crippen molar-refractivity contribution in [2.75, 3.05) is 74.5 Å². The predicted octanol–water partition coefficient (Wildman–Crippen LogP) is 4.30. The van der Waals surface area contributed by atoms with E-state index in [2.05, 4.69) is 45.8 Å². The Kier molecular flexibility index (Phi) is 12.2. The number of amides is 4. The van der Waals surface area contributed by atoms with E-state index in [0.29, 0.717) is 46.4 Å². The predicted molar refractivity (Wildman–Crippen MR) is 248 cm³/mol. The molecule has 19 heteroatoms. The lowest BCUT2D eigenvalue weighted by Crippen LogP contribution is -2.54. The van der Waals surface area contributed by atoms with Crippen LogP contribution >= 0.6 is 0 Å². The quantitative estimate of drug-likeness (QED) is 0.0899. The molecule has 4 amide bonds. The maximum atomic E-state index is 13.4. The molecule has 19 nitrogen and oxygen atoms in total. The Morgan fingerprint density at radius 3 is 2.37 bits per heavy atom. The fourth-order valence-corrected chi connectivity index (χ4v) is 9.88. The number of fused-ring (bicyclic) bond motifs is 2. The zero-order chi connectivity index (χ0) is 47.1. The summed E-state index contributed by atoms with van der Waals surface area (Å²) in [5.41, 5.74) is 4.00. The van der Waals surface area contributed by atoms with Crippen LogP contribution < -0.4 is 20.9 Å². The number of imide groups is 2. The number of aromatic nitrogens is 4. The minimum absolute atomic E-state index is 0.0832. The normalized spacial score (nSPS) is 20.3. The van der Waals surface area contributed by atoms with Gasteiger partial charge in [0.2, 0.25) is 23.7 Å². The minimum Gasteiger partial charge on any atom is -0.451 e. The third-order valence-corrected chi connectivity index (χ3v) is 13.7. The van der Waals surface area contributed by atoms with Gasteiger partial charge in [-0.25, -0.2) is 9.78 Å². The van der Waals surface area contributed by atoms with Crippen LogP contribution in [0.15, 0.2) is 77.3 Å². The molecule has 3 saturated heterocycles. The molecule has 5 aliphatic heterocycles. The molecular weight excluding hydrogens is 871 g/mol. The van der Waals surface area contributed by atoms with Crippen LogP contribution in [0, 0.1) is 5.92 Å². The number of esters is 1. The van der Waals surface area contributed by atoms with Gasteiger partial charge < -0.3 is 34.7 Å². The number of nitrogens with zero attached hydrogens (tertiary/aromatic N) is 8. The number of nitrogens with one attached hydrogen (secondary N) is 3. The first kappa shape index (κ1) is 44.7. The van der Waals surface area contributed by atoms with Gasteiger partial charge in [0, 0.05) is 75.2 Å². The van der Waals surface area contributed by atoms with E-state index in [-0.39, 0.29) is 42.8 Å². The number of ether oxygens (including phenoxy) is 1. The Bertz CT molecular complexity index is 2770. The van der Waals surface area contributed by atoms with Gasteiger partial charge in [-0.3, -0.25) is 34.3 Å². The number of piperazine rings is 1. The highest BCUT2D eigenvalue weighted by Gasteiger charge is 2.45. The van der Waals surface area contributed by atoms with E-state index in [0.717, 1.165) is 86.9 Å². The minimum atomic E-state index is -0.984. The lowest BCUT2D eigenvalue weighted by atomic mass is 9.95. The Morgan fingerprint density at radius 2 is 1.60 bits per heavy atom. The largest absolute Gasteiger partial charge is 0.451 e.